The number of carbonyl (C=O) groups excluding carboxylic acids is 2. The van der Waals surface area contributed by atoms with Crippen LogP contribution in [-0.2, 0) is 14.3 Å². The maximum Gasteiger partial charge on any atom is 0.408 e. The van der Waals surface area contributed by atoms with E-state index in [1.54, 1.807) is 39.2 Å². The highest BCUT2D eigenvalue weighted by atomic mass is 32.2. The van der Waals surface area contributed by atoms with Gasteiger partial charge in [-0.15, -0.1) is 11.8 Å². The Bertz CT molecular complexity index is 1280. The summed E-state index contributed by atoms with van der Waals surface area (Å²) in [6.07, 6.45) is 9.97. The molecule has 0 aliphatic carbocycles. The number of thioether (sulfide) groups is 1. The third-order valence-corrected chi connectivity index (χ3v) is 8.79. The van der Waals surface area contributed by atoms with Gasteiger partial charge in [-0.1, -0.05) is 59.1 Å². The highest BCUT2D eigenvalue weighted by Gasteiger charge is 2.49. The normalized spacial score (nSPS) is 18.1. The number of amides is 1. The predicted molar refractivity (Wildman–Crippen MR) is 177 cm³/mol. The molecule has 1 aliphatic rings. The first kappa shape index (κ1) is 36.3. The van der Waals surface area contributed by atoms with Gasteiger partial charge in [0.05, 0.1) is 31.1 Å². The standard InChI is InChI=1S/C35H50FN3O5S/c1-8-11-12-25(10-3)23-42-31(40)16-19-45-30-22-37-28(21-38-30)24(4)15-18-35(17-9-2)32(39-33(41)44-34(5,6)7)27-14-13-26(36)20-29(27)43-35/h13-14,20-22,25,32H,4,8-12,15-19,23H2,1-3,5-7H3,(H,39,41)/t25?,32-,35?/m1/s1. The van der Waals surface area contributed by atoms with Gasteiger partial charge in [0.15, 0.2) is 0 Å². The zero-order valence-corrected chi connectivity index (χ0v) is 28.6. The van der Waals surface area contributed by atoms with Crippen molar-refractivity contribution in [1.29, 1.82) is 0 Å². The number of fused-ring (bicyclic) bond motifs is 1. The van der Waals surface area contributed by atoms with Crippen LogP contribution < -0.4 is 10.1 Å². The summed E-state index contributed by atoms with van der Waals surface area (Å²) in [5, 5.41) is 3.72. The van der Waals surface area contributed by atoms with Crippen molar-refractivity contribution >= 4 is 29.4 Å². The number of nitrogens with zero attached hydrogens (tertiary/aromatic N) is 2. The number of alkyl carbamates (subject to hydrolysis) is 1. The smallest absolute Gasteiger partial charge is 0.408 e. The Morgan fingerprint density at radius 3 is 2.56 bits per heavy atom. The third-order valence-electron chi connectivity index (χ3n) is 7.88. The summed E-state index contributed by atoms with van der Waals surface area (Å²) < 4.78 is 31.7. The zero-order chi connectivity index (χ0) is 33.0. The van der Waals surface area contributed by atoms with Crippen LogP contribution in [0.1, 0.15) is 117 Å². The lowest BCUT2D eigenvalue weighted by atomic mass is 9.82. The fourth-order valence-electron chi connectivity index (χ4n) is 5.45. The minimum atomic E-state index is -0.824. The number of allylic oxidation sites excluding steroid dienone is 1. The SMILES string of the molecule is C=C(CCC1(CCC)Oc2cc(F)ccc2[C@H]1NC(=O)OC(C)(C)C)c1cnc(SCCC(=O)OCC(CC)CCCC)cn1. The Morgan fingerprint density at radius 2 is 1.91 bits per heavy atom. The molecule has 45 heavy (non-hydrogen) atoms. The Balaban J connectivity index is 1.59. The van der Waals surface area contributed by atoms with Gasteiger partial charge in [0.25, 0.3) is 0 Å². The van der Waals surface area contributed by atoms with Crippen molar-refractivity contribution in [3.05, 3.63) is 54.2 Å². The average molecular weight is 644 g/mol. The number of ether oxygens (including phenoxy) is 3. The number of aromatic nitrogens is 2. The van der Waals surface area contributed by atoms with Crippen molar-refractivity contribution in [3.63, 3.8) is 0 Å². The number of carbonyl (C=O) groups is 2. The van der Waals surface area contributed by atoms with Gasteiger partial charge >= 0.3 is 12.1 Å². The van der Waals surface area contributed by atoms with Gasteiger partial charge in [0.1, 0.15) is 33.8 Å². The van der Waals surface area contributed by atoms with E-state index in [9.17, 15) is 14.0 Å². The first-order valence-corrected chi connectivity index (χ1v) is 17.1. The predicted octanol–water partition coefficient (Wildman–Crippen LogP) is 8.85. The molecular weight excluding hydrogens is 593 g/mol. The molecule has 0 radical (unpaired) electrons. The first-order chi connectivity index (χ1) is 21.4. The molecule has 1 aromatic heterocycles. The van der Waals surface area contributed by atoms with Crippen molar-refractivity contribution < 1.29 is 28.2 Å². The molecule has 1 amide bonds. The molecule has 3 atom stereocenters. The van der Waals surface area contributed by atoms with Crippen molar-refractivity contribution in [2.45, 2.75) is 122 Å². The highest BCUT2D eigenvalue weighted by Crippen LogP contribution is 2.49. The average Bonchev–Trinajstić information content (AvgIpc) is 3.27. The largest absolute Gasteiger partial charge is 0.484 e. The van der Waals surface area contributed by atoms with Gasteiger partial charge in [-0.3, -0.25) is 9.78 Å². The van der Waals surface area contributed by atoms with E-state index in [0.29, 0.717) is 61.0 Å². The Kier molecular flexibility index (Phi) is 13.7. The van der Waals surface area contributed by atoms with E-state index in [1.807, 2.05) is 6.92 Å². The van der Waals surface area contributed by atoms with Crippen LogP contribution in [0.25, 0.3) is 5.57 Å². The second kappa shape index (κ2) is 17.0. The maximum absolute atomic E-state index is 14.2. The van der Waals surface area contributed by atoms with E-state index in [-0.39, 0.29) is 5.97 Å². The Labute approximate surface area is 272 Å². The van der Waals surface area contributed by atoms with Crippen molar-refractivity contribution in [2.75, 3.05) is 12.4 Å². The van der Waals surface area contributed by atoms with Crippen molar-refractivity contribution in [3.8, 4) is 5.75 Å². The summed E-state index contributed by atoms with van der Waals surface area (Å²) in [4.78, 5) is 34.2. The fraction of sp³-hybridized carbons (Fsp3) is 0.600. The van der Waals surface area contributed by atoms with Crippen LogP contribution in [0.5, 0.6) is 5.75 Å². The maximum atomic E-state index is 14.2. The van der Waals surface area contributed by atoms with Gasteiger partial charge in [-0.05, 0) is 64.0 Å². The molecule has 3 rings (SSSR count). The van der Waals surface area contributed by atoms with Gasteiger partial charge < -0.3 is 19.5 Å². The number of unbranched alkanes of at least 4 members (excludes halogenated alkanes) is 1. The second-order valence-electron chi connectivity index (χ2n) is 12.7. The molecule has 2 aromatic rings. The molecule has 0 spiro atoms. The van der Waals surface area contributed by atoms with Gasteiger partial charge in [0, 0.05) is 17.4 Å². The van der Waals surface area contributed by atoms with Crippen LogP contribution in [-0.4, -0.2) is 45.6 Å². The van der Waals surface area contributed by atoms with E-state index in [2.05, 4.69) is 35.7 Å². The van der Waals surface area contributed by atoms with Crippen LogP contribution in [0.3, 0.4) is 0 Å². The van der Waals surface area contributed by atoms with Crippen LogP contribution in [0.15, 0.2) is 42.2 Å². The lowest BCUT2D eigenvalue weighted by Crippen LogP contribution is -2.47. The summed E-state index contributed by atoms with van der Waals surface area (Å²) >= 11 is 1.46. The van der Waals surface area contributed by atoms with E-state index in [0.717, 1.165) is 42.7 Å². The van der Waals surface area contributed by atoms with Crippen LogP contribution >= 0.6 is 11.8 Å². The number of hydrogen-bond acceptors (Lipinski definition) is 8. The number of hydrogen-bond donors (Lipinski definition) is 1. The van der Waals surface area contributed by atoms with E-state index >= 15 is 0 Å². The lowest BCUT2D eigenvalue weighted by Gasteiger charge is -2.35. The van der Waals surface area contributed by atoms with E-state index < -0.39 is 29.2 Å². The Hall–Kier alpha value is -3.14. The zero-order valence-electron chi connectivity index (χ0n) is 27.7. The van der Waals surface area contributed by atoms with Gasteiger partial charge in [-0.25, -0.2) is 14.2 Å². The minimum absolute atomic E-state index is 0.185. The van der Waals surface area contributed by atoms with E-state index in [4.69, 9.17) is 14.2 Å². The molecule has 2 heterocycles. The second-order valence-corrected chi connectivity index (χ2v) is 13.8. The number of esters is 1. The van der Waals surface area contributed by atoms with Crippen LogP contribution in [0.2, 0.25) is 0 Å². The van der Waals surface area contributed by atoms with Gasteiger partial charge in [-0.2, -0.15) is 0 Å². The van der Waals surface area contributed by atoms with Crippen LogP contribution in [0.4, 0.5) is 9.18 Å². The van der Waals surface area contributed by atoms with Crippen molar-refractivity contribution in [2.24, 2.45) is 5.92 Å². The van der Waals surface area contributed by atoms with E-state index in [1.165, 1.54) is 23.9 Å². The number of benzene rings is 1. The molecule has 0 fully saturated rings. The lowest BCUT2D eigenvalue weighted by molar-refractivity contribution is -0.144. The first-order valence-electron chi connectivity index (χ1n) is 16.2. The van der Waals surface area contributed by atoms with Crippen molar-refractivity contribution in [1.82, 2.24) is 15.3 Å². The summed E-state index contributed by atoms with van der Waals surface area (Å²) in [6.45, 7) is 16.5. The molecule has 2 unspecified atom stereocenters. The number of halogens is 1. The minimum Gasteiger partial charge on any atom is -0.484 e. The molecule has 248 valence electrons. The molecular formula is C35H50FN3O5S. The Morgan fingerprint density at radius 1 is 1.13 bits per heavy atom. The third kappa shape index (κ3) is 11.0. The molecule has 1 N–H and O–H groups in total. The summed E-state index contributed by atoms with van der Waals surface area (Å²) in [5.74, 6) is 0.815. The highest BCUT2D eigenvalue weighted by molar-refractivity contribution is 7.99. The molecule has 8 nitrogen and oxygen atoms in total. The quantitative estimate of drug-likeness (QED) is 0.135. The molecule has 10 heteroatoms. The molecule has 0 bridgehead atoms. The van der Waals surface area contributed by atoms with Crippen LogP contribution in [0, 0.1) is 11.7 Å². The monoisotopic (exact) mass is 643 g/mol. The molecule has 1 aromatic carbocycles. The molecule has 0 saturated heterocycles. The summed E-state index contributed by atoms with van der Waals surface area (Å²) in [5.41, 5.74) is 0.647. The topological polar surface area (TPSA) is 99.6 Å². The summed E-state index contributed by atoms with van der Waals surface area (Å²) in [6, 6.07) is 3.87. The number of nitrogens with one attached hydrogen (secondary N) is 1. The van der Waals surface area contributed by atoms with Gasteiger partial charge in [0.2, 0.25) is 0 Å². The molecule has 0 saturated carbocycles. The fourth-order valence-corrected chi connectivity index (χ4v) is 6.19. The molecule has 1 aliphatic heterocycles. The number of rotatable bonds is 17. The summed E-state index contributed by atoms with van der Waals surface area (Å²) in [7, 11) is 0.